The lowest BCUT2D eigenvalue weighted by molar-refractivity contribution is -0.134. The van der Waals surface area contributed by atoms with Gasteiger partial charge in [-0.25, -0.2) is 31.5 Å². The van der Waals surface area contributed by atoms with Gasteiger partial charge in [0.1, 0.15) is 23.1 Å². The zero-order valence-electron chi connectivity index (χ0n) is 27.2. The van der Waals surface area contributed by atoms with Gasteiger partial charge in [-0.3, -0.25) is 9.59 Å². The number of esters is 1. The van der Waals surface area contributed by atoms with Crippen LogP contribution in [-0.4, -0.2) is 71.7 Å². The SMILES string of the molecule is C=CC(=O)N1CCN(c2nc(=O)n(-c3c(C(C)C)cccc3S(C)(=O)=O)c3nc(-c4c(F)cccc4OC(=O)CC)c(F)cc23)[C@@H](C)C1. The van der Waals surface area contributed by atoms with Crippen LogP contribution in [0.2, 0.25) is 0 Å². The molecule has 0 spiro atoms. The summed E-state index contributed by atoms with van der Waals surface area (Å²) in [6, 6.07) is 8.89. The molecule has 11 nitrogen and oxygen atoms in total. The number of piperazine rings is 1. The molecule has 0 aliphatic carbocycles. The van der Waals surface area contributed by atoms with Crippen LogP contribution in [0, 0.1) is 11.6 Å². The van der Waals surface area contributed by atoms with E-state index in [0.29, 0.717) is 5.56 Å². The van der Waals surface area contributed by atoms with Gasteiger partial charge in [0.05, 0.1) is 21.5 Å². The molecule has 4 aromatic rings. The van der Waals surface area contributed by atoms with Crippen molar-refractivity contribution in [1.82, 2.24) is 19.4 Å². The highest BCUT2D eigenvalue weighted by Crippen LogP contribution is 2.38. The summed E-state index contributed by atoms with van der Waals surface area (Å²) in [5, 5.41) is 0.0349. The first-order valence-electron chi connectivity index (χ1n) is 15.3. The number of carbonyl (C=O) groups is 2. The molecule has 3 heterocycles. The Labute approximate surface area is 276 Å². The monoisotopic (exact) mass is 679 g/mol. The summed E-state index contributed by atoms with van der Waals surface area (Å²) in [6.07, 6.45) is 2.17. The fourth-order valence-electron chi connectivity index (χ4n) is 5.86. The summed E-state index contributed by atoms with van der Waals surface area (Å²) in [5.41, 5.74) is -1.69. The highest BCUT2D eigenvalue weighted by molar-refractivity contribution is 7.90. The first-order valence-corrected chi connectivity index (χ1v) is 17.2. The Bertz CT molecular complexity index is 2130. The lowest BCUT2D eigenvalue weighted by atomic mass is 10.0. The van der Waals surface area contributed by atoms with Gasteiger partial charge in [-0.15, -0.1) is 0 Å². The summed E-state index contributed by atoms with van der Waals surface area (Å²) in [5.74, 6) is -3.44. The fourth-order valence-corrected chi connectivity index (χ4v) is 6.75. The number of pyridine rings is 1. The van der Waals surface area contributed by atoms with Gasteiger partial charge in [-0.1, -0.05) is 45.5 Å². The molecule has 0 radical (unpaired) electrons. The zero-order chi connectivity index (χ0) is 35.1. The van der Waals surface area contributed by atoms with Crippen LogP contribution >= 0.6 is 0 Å². The number of anilines is 1. The maximum absolute atomic E-state index is 16.3. The van der Waals surface area contributed by atoms with E-state index >= 15 is 8.78 Å². The third-order valence-electron chi connectivity index (χ3n) is 8.19. The highest BCUT2D eigenvalue weighted by Gasteiger charge is 2.32. The van der Waals surface area contributed by atoms with Crippen molar-refractivity contribution in [3.8, 4) is 22.7 Å². The number of aromatic nitrogens is 3. The first kappa shape index (κ1) is 34.4. The molecule has 1 amide bonds. The Hall–Kier alpha value is -4.98. The number of sulfone groups is 1. The summed E-state index contributed by atoms with van der Waals surface area (Å²) in [4.78, 5) is 50.8. The highest BCUT2D eigenvalue weighted by atomic mass is 32.2. The molecule has 1 fully saturated rings. The van der Waals surface area contributed by atoms with Crippen molar-refractivity contribution in [1.29, 1.82) is 0 Å². The Morgan fingerprint density at radius 3 is 2.44 bits per heavy atom. The maximum atomic E-state index is 16.3. The van der Waals surface area contributed by atoms with Gasteiger partial charge in [-0.05, 0) is 48.7 Å². The number of ether oxygens (including phenoxy) is 1. The van der Waals surface area contributed by atoms with E-state index in [1.807, 2.05) is 20.8 Å². The van der Waals surface area contributed by atoms with E-state index in [1.54, 1.807) is 28.9 Å². The molecule has 0 N–H and O–H groups in total. The molecule has 5 rings (SSSR count). The van der Waals surface area contributed by atoms with Crippen LogP contribution in [0.5, 0.6) is 5.75 Å². The van der Waals surface area contributed by atoms with E-state index in [4.69, 9.17) is 4.74 Å². The molecule has 2 aromatic carbocycles. The Kier molecular flexibility index (Phi) is 9.49. The van der Waals surface area contributed by atoms with Gasteiger partial charge in [0.2, 0.25) is 5.91 Å². The third-order valence-corrected chi connectivity index (χ3v) is 9.32. The van der Waals surface area contributed by atoms with Crippen molar-refractivity contribution >= 4 is 38.6 Å². The van der Waals surface area contributed by atoms with Gasteiger partial charge in [0, 0.05) is 38.4 Å². The summed E-state index contributed by atoms with van der Waals surface area (Å²) >= 11 is 0. The van der Waals surface area contributed by atoms with Gasteiger partial charge in [0.25, 0.3) is 0 Å². The Balaban J connectivity index is 1.90. The van der Waals surface area contributed by atoms with Crippen molar-refractivity contribution in [3.05, 3.63) is 82.8 Å². The smallest absolute Gasteiger partial charge is 0.355 e. The Morgan fingerprint density at radius 1 is 1.10 bits per heavy atom. The number of carbonyl (C=O) groups excluding carboxylic acids is 2. The van der Waals surface area contributed by atoms with Crippen LogP contribution in [-0.2, 0) is 19.4 Å². The van der Waals surface area contributed by atoms with E-state index in [2.05, 4.69) is 16.5 Å². The van der Waals surface area contributed by atoms with Gasteiger partial charge >= 0.3 is 11.7 Å². The van der Waals surface area contributed by atoms with E-state index in [1.165, 1.54) is 24.3 Å². The number of hydrogen-bond donors (Lipinski definition) is 0. The maximum Gasteiger partial charge on any atom is 0.355 e. The fraction of sp³-hybridized carbons (Fsp3) is 0.324. The summed E-state index contributed by atoms with van der Waals surface area (Å²) in [7, 11) is -3.94. The van der Waals surface area contributed by atoms with Crippen LogP contribution < -0.4 is 15.3 Å². The van der Waals surface area contributed by atoms with Crippen LogP contribution in [0.15, 0.2) is 64.8 Å². The molecule has 14 heteroatoms. The molecular formula is C34H35F2N5O6S. The minimum Gasteiger partial charge on any atom is -0.426 e. The second-order valence-electron chi connectivity index (χ2n) is 11.8. The molecule has 252 valence electrons. The molecule has 0 saturated carbocycles. The minimum atomic E-state index is -3.94. The number of benzene rings is 2. The average Bonchev–Trinajstić information content (AvgIpc) is 3.03. The van der Waals surface area contributed by atoms with Crippen LogP contribution in [0.3, 0.4) is 0 Å². The van der Waals surface area contributed by atoms with E-state index in [0.717, 1.165) is 23.0 Å². The summed E-state index contributed by atoms with van der Waals surface area (Å²) < 4.78 is 64.4. The molecule has 48 heavy (non-hydrogen) atoms. The molecule has 0 unspecified atom stereocenters. The lowest BCUT2D eigenvalue weighted by Gasteiger charge is -2.40. The predicted octanol–water partition coefficient (Wildman–Crippen LogP) is 4.79. The van der Waals surface area contributed by atoms with Crippen molar-refractivity contribution in [2.45, 2.75) is 51.0 Å². The number of hydrogen-bond acceptors (Lipinski definition) is 9. The van der Waals surface area contributed by atoms with E-state index < -0.39 is 50.4 Å². The lowest BCUT2D eigenvalue weighted by Crippen LogP contribution is -2.54. The number of amides is 1. The van der Waals surface area contributed by atoms with Gasteiger partial charge < -0.3 is 14.5 Å². The molecule has 1 saturated heterocycles. The molecule has 0 bridgehead atoms. The zero-order valence-corrected chi connectivity index (χ0v) is 28.0. The van der Waals surface area contributed by atoms with Crippen molar-refractivity contribution in [2.24, 2.45) is 0 Å². The topological polar surface area (TPSA) is 132 Å². The second-order valence-corrected chi connectivity index (χ2v) is 13.8. The van der Waals surface area contributed by atoms with E-state index in [9.17, 15) is 22.8 Å². The largest absolute Gasteiger partial charge is 0.426 e. The normalized spacial score (nSPS) is 15.2. The van der Waals surface area contributed by atoms with Crippen LogP contribution in [0.1, 0.15) is 45.6 Å². The number of nitrogens with zero attached hydrogens (tertiary/aromatic N) is 5. The molecule has 2 aromatic heterocycles. The summed E-state index contributed by atoms with van der Waals surface area (Å²) in [6.45, 7) is 11.3. The van der Waals surface area contributed by atoms with E-state index in [-0.39, 0.29) is 71.1 Å². The van der Waals surface area contributed by atoms with Gasteiger partial charge in [-0.2, -0.15) is 4.98 Å². The van der Waals surface area contributed by atoms with Crippen LogP contribution in [0.4, 0.5) is 14.6 Å². The number of fused-ring (bicyclic) bond motifs is 1. The molecule has 1 aliphatic rings. The third kappa shape index (κ3) is 6.31. The standard InChI is InChI=1S/C34H35F2N5O6S/c1-7-27(42)39-15-16-40(20(5)18-39)32-22-17-24(36)30(29-23(35)12-10-13-25(29)47-28(43)8-2)37-33(22)41(34(44)38-32)31-21(19(3)4)11-9-14-26(31)48(6,45)46/h7,9-14,17,19-20H,1,8,15-16,18H2,2-6H3/t20-/m0/s1. The van der Waals surface area contributed by atoms with Crippen molar-refractivity contribution < 1.29 is 31.5 Å². The molecule has 1 atom stereocenters. The molecular weight excluding hydrogens is 644 g/mol. The first-order chi connectivity index (χ1) is 22.7. The van der Waals surface area contributed by atoms with Crippen molar-refractivity contribution in [2.75, 3.05) is 30.8 Å². The number of para-hydroxylation sites is 1. The second kappa shape index (κ2) is 13.3. The van der Waals surface area contributed by atoms with Gasteiger partial charge in [0.15, 0.2) is 21.3 Å². The molecule has 1 aliphatic heterocycles. The number of rotatable bonds is 8. The quantitative estimate of drug-likeness (QED) is 0.147. The number of halogens is 2. The average molecular weight is 680 g/mol. The van der Waals surface area contributed by atoms with Crippen molar-refractivity contribution in [3.63, 3.8) is 0 Å². The van der Waals surface area contributed by atoms with Crippen LogP contribution in [0.25, 0.3) is 28.0 Å². The predicted molar refractivity (Wildman–Crippen MR) is 177 cm³/mol. The minimum absolute atomic E-state index is 0.0188. The Morgan fingerprint density at radius 2 is 1.81 bits per heavy atom.